The number of fused-ring (bicyclic) bond motifs is 3. The third-order valence-corrected chi connectivity index (χ3v) is 13.3. The first kappa shape index (κ1) is 38.8. The summed E-state index contributed by atoms with van der Waals surface area (Å²) >= 11 is 0. The Bertz CT molecular complexity index is 1750. The van der Waals surface area contributed by atoms with E-state index in [9.17, 15) is 32.4 Å². The molecule has 5 amide bonds. The number of amides is 5. The van der Waals surface area contributed by atoms with Crippen LogP contribution in [-0.2, 0) is 53.4 Å². The molecule has 3 aliphatic heterocycles. The normalized spacial score (nSPS) is 29.4. The van der Waals surface area contributed by atoms with Gasteiger partial charge in [0.2, 0.25) is 21.8 Å². The van der Waals surface area contributed by atoms with E-state index in [0.29, 0.717) is 32.4 Å². The second kappa shape index (κ2) is 14.4. The van der Waals surface area contributed by atoms with Gasteiger partial charge in [0.15, 0.2) is 0 Å². The van der Waals surface area contributed by atoms with Crippen LogP contribution in [0.1, 0.15) is 110 Å². The maximum atomic E-state index is 14.5. The van der Waals surface area contributed by atoms with Crippen LogP contribution in [0.5, 0.6) is 0 Å². The molecule has 14 nitrogen and oxygen atoms in total. The number of aryl methyl sites for hydroxylation is 1. The van der Waals surface area contributed by atoms with Crippen molar-refractivity contribution in [3.8, 4) is 0 Å². The minimum atomic E-state index is -3.88. The van der Waals surface area contributed by atoms with E-state index in [-0.39, 0.29) is 37.3 Å². The molecule has 0 aromatic heterocycles. The Kier molecular flexibility index (Phi) is 10.6. The lowest BCUT2D eigenvalue weighted by Gasteiger charge is -2.35. The third-order valence-electron chi connectivity index (χ3n) is 11.5. The zero-order valence-electron chi connectivity index (χ0n) is 31.8. The molecule has 0 spiro atoms. The molecule has 15 heteroatoms. The Morgan fingerprint density at radius 2 is 1.77 bits per heavy atom. The summed E-state index contributed by atoms with van der Waals surface area (Å²) in [5.74, 6) is -2.33. The second-order valence-electron chi connectivity index (χ2n) is 17.5. The number of rotatable bonds is 6. The molecule has 3 fully saturated rings. The fourth-order valence-corrected chi connectivity index (χ4v) is 9.33. The number of alkyl carbamates (subject to hydrolysis) is 1. The molecule has 2 aliphatic carbocycles. The highest BCUT2D eigenvalue weighted by molar-refractivity contribution is 7.91. The molecule has 1 aromatic rings. The fourth-order valence-electron chi connectivity index (χ4n) is 7.97. The molecule has 5 aliphatic rings. The van der Waals surface area contributed by atoms with Crippen molar-refractivity contribution in [2.24, 2.45) is 16.7 Å². The van der Waals surface area contributed by atoms with Gasteiger partial charge in [-0.1, -0.05) is 72.6 Å². The third kappa shape index (κ3) is 8.44. The van der Waals surface area contributed by atoms with E-state index in [1.54, 1.807) is 25.7 Å². The molecule has 53 heavy (non-hydrogen) atoms. The fraction of sp³-hybridized carbons (Fsp3) is 0.711. The van der Waals surface area contributed by atoms with Crippen LogP contribution in [0, 0.1) is 16.7 Å². The van der Waals surface area contributed by atoms with Crippen LogP contribution in [0.4, 0.5) is 9.59 Å². The largest absolute Gasteiger partial charge is 0.449 e. The summed E-state index contributed by atoms with van der Waals surface area (Å²) < 4.78 is 39.3. The Labute approximate surface area is 312 Å². The van der Waals surface area contributed by atoms with Crippen molar-refractivity contribution in [2.45, 2.75) is 141 Å². The first-order valence-electron chi connectivity index (χ1n) is 19.0. The lowest BCUT2D eigenvalue weighted by atomic mass is 9.85. The van der Waals surface area contributed by atoms with E-state index in [0.717, 1.165) is 36.8 Å². The quantitative estimate of drug-likeness (QED) is 0.388. The van der Waals surface area contributed by atoms with Gasteiger partial charge in [0.25, 0.3) is 5.91 Å². The highest BCUT2D eigenvalue weighted by Crippen LogP contribution is 2.47. The number of hydrogen-bond donors (Lipinski definition) is 3. The number of benzene rings is 1. The topological polar surface area (TPSA) is 181 Å². The number of ether oxygens (including phenoxy) is 2. The number of nitrogens with zero attached hydrogens (tertiary/aromatic N) is 2. The van der Waals surface area contributed by atoms with Crippen LogP contribution < -0.4 is 15.4 Å². The summed E-state index contributed by atoms with van der Waals surface area (Å²) in [5, 5.41) is 4.95. The van der Waals surface area contributed by atoms with Crippen molar-refractivity contribution >= 4 is 39.9 Å². The number of cyclic esters (lactones) is 1. The van der Waals surface area contributed by atoms with E-state index in [4.69, 9.17) is 9.47 Å². The van der Waals surface area contributed by atoms with Crippen LogP contribution in [0.15, 0.2) is 18.2 Å². The van der Waals surface area contributed by atoms with Crippen molar-refractivity contribution in [1.82, 2.24) is 25.2 Å². The molecular formula is C38H55N5O9S. The number of hydrogen-bond acceptors (Lipinski definition) is 9. The van der Waals surface area contributed by atoms with E-state index in [2.05, 4.69) is 21.4 Å². The number of carbonyl (C=O) groups is 5. The first-order valence-corrected chi connectivity index (χ1v) is 20.6. The van der Waals surface area contributed by atoms with E-state index in [1.807, 2.05) is 32.9 Å². The maximum Gasteiger partial charge on any atom is 0.410 e. The van der Waals surface area contributed by atoms with Gasteiger partial charge in [0.1, 0.15) is 23.7 Å². The molecule has 2 unspecified atom stereocenters. The minimum absolute atomic E-state index is 0.0558. The zero-order valence-corrected chi connectivity index (χ0v) is 32.6. The van der Waals surface area contributed by atoms with E-state index < -0.39 is 74.3 Å². The molecule has 0 radical (unpaired) electrons. The van der Waals surface area contributed by atoms with Gasteiger partial charge in [-0.25, -0.2) is 18.0 Å². The van der Waals surface area contributed by atoms with Crippen LogP contribution in [0.2, 0.25) is 0 Å². The van der Waals surface area contributed by atoms with E-state index in [1.165, 1.54) is 10.5 Å². The monoisotopic (exact) mass is 757 g/mol. The summed E-state index contributed by atoms with van der Waals surface area (Å²) in [5.41, 5.74) is 0.742. The maximum absolute atomic E-state index is 14.5. The highest BCUT2D eigenvalue weighted by Gasteiger charge is 2.62. The number of nitrogens with one attached hydrogen (secondary N) is 3. The van der Waals surface area contributed by atoms with Crippen LogP contribution in [-0.4, -0.2) is 90.3 Å². The van der Waals surface area contributed by atoms with Gasteiger partial charge in [0, 0.05) is 19.5 Å². The van der Waals surface area contributed by atoms with Gasteiger partial charge in [-0.15, -0.1) is 0 Å². The average molecular weight is 758 g/mol. The summed E-state index contributed by atoms with van der Waals surface area (Å²) in [6.45, 7) is 12.1. The van der Waals surface area contributed by atoms with Crippen molar-refractivity contribution in [2.75, 3.05) is 13.2 Å². The van der Waals surface area contributed by atoms with Crippen LogP contribution in [0.3, 0.4) is 0 Å². The number of sulfonamides is 1. The van der Waals surface area contributed by atoms with Gasteiger partial charge in [-0.05, 0) is 72.0 Å². The summed E-state index contributed by atoms with van der Waals surface area (Å²) in [7, 11) is -3.88. The Hall–Kier alpha value is -3.88. The van der Waals surface area contributed by atoms with Crippen molar-refractivity contribution in [1.29, 1.82) is 0 Å². The predicted molar refractivity (Wildman–Crippen MR) is 194 cm³/mol. The molecule has 6 rings (SSSR count). The lowest BCUT2D eigenvalue weighted by molar-refractivity contribution is -0.143. The van der Waals surface area contributed by atoms with E-state index >= 15 is 0 Å². The SMILES string of the molecule is CC[C@@H]1CC1(NC(=O)[C@@H]1C[C@@H]2CN1C(=O)C(C(C)(C)C)NC(=O)OCC(C)(C)CCCCc1cccc3c1CN(C3)C(=O)O2)C(=O)NS(=O)(=O)C1CC1. The van der Waals surface area contributed by atoms with Crippen LogP contribution >= 0.6 is 0 Å². The average Bonchev–Trinajstić information content (AvgIpc) is 3.97. The standard InChI is InChI=1S/C38H55N5O9S/c1-7-25-18-38(25,33(46)41-53(49,50)27-14-15-27)40-31(44)29-17-26-20-43(29)32(45)30(36(2,3)4)39-34(47)51-22-37(5,6)16-9-8-11-23-12-10-13-24-19-42(21-28(23)24)35(48)52-26/h10,12-13,25-27,29-30H,7-9,11,14-22H2,1-6H3,(H,39,47)(H,40,44)(H,41,46)/t25-,26-,29+,30?,38?/m1/s1. The highest BCUT2D eigenvalue weighted by atomic mass is 32.2. The van der Waals surface area contributed by atoms with Gasteiger partial charge >= 0.3 is 12.2 Å². The summed E-state index contributed by atoms with van der Waals surface area (Å²) in [4.78, 5) is 72.1. The molecule has 2 saturated carbocycles. The summed E-state index contributed by atoms with van der Waals surface area (Å²) in [6, 6.07) is 3.80. The summed E-state index contributed by atoms with van der Waals surface area (Å²) in [6.07, 6.45) is 2.94. The molecule has 4 bridgehead atoms. The molecule has 3 heterocycles. The molecular weight excluding hydrogens is 703 g/mol. The van der Waals surface area contributed by atoms with Gasteiger partial charge in [-0.2, -0.15) is 0 Å². The molecule has 5 atom stereocenters. The van der Waals surface area contributed by atoms with Crippen molar-refractivity contribution in [3.05, 3.63) is 34.9 Å². The second-order valence-corrected chi connectivity index (χ2v) is 19.5. The predicted octanol–water partition coefficient (Wildman–Crippen LogP) is 3.90. The van der Waals surface area contributed by atoms with Crippen molar-refractivity contribution in [3.63, 3.8) is 0 Å². The first-order chi connectivity index (χ1) is 24.8. The molecule has 1 saturated heterocycles. The Morgan fingerprint density at radius 3 is 2.43 bits per heavy atom. The van der Waals surface area contributed by atoms with Crippen molar-refractivity contribution < 1.29 is 41.9 Å². The Morgan fingerprint density at radius 1 is 1.06 bits per heavy atom. The number of carbonyl (C=O) groups excluding carboxylic acids is 5. The zero-order chi connectivity index (χ0) is 38.5. The smallest absolute Gasteiger partial charge is 0.410 e. The van der Waals surface area contributed by atoms with Gasteiger partial charge in [0.05, 0.1) is 18.4 Å². The Balaban J connectivity index is 1.28. The minimum Gasteiger partial charge on any atom is -0.449 e. The molecule has 1 aromatic carbocycles. The lowest BCUT2D eigenvalue weighted by Crippen LogP contribution is -2.60. The molecule has 3 N–H and O–H groups in total. The van der Waals surface area contributed by atoms with Gasteiger partial charge < -0.3 is 25.0 Å². The van der Waals surface area contributed by atoms with Crippen LogP contribution in [0.25, 0.3) is 0 Å². The molecule has 292 valence electrons. The van der Waals surface area contributed by atoms with Gasteiger partial charge in [-0.3, -0.25) is 24.0 Å².